The molecule has 0 unspecified atom stereocenters. The largest absolute Gasteiger partial charge is 0.494 e. The number of nitrogens with zero attached hydrogens (tertiary/aromatic N) is 2. The summed E-state index contributed by atoms with van der Waals surface area (Å²) in [6.45, 7) is 2.55. The van der Waals surface area contributed by atoms with Crippen LogP contribution < -0.4 is 9.64 Å². The van der Waals surface area contributed by atoms with E-state index >= 15 is 0 Å². The molecule has 29 heavy (non-hydrogen) atoms. The second kappa shape index (κ2) is 8.33. The number of amidine groups is 1. The number of halogens is 1. The number of amides is 1. The smallest absolute Gasteiger partial charge is 0.282 e. The molecule has 144 valence electrons. The van der Waals surface area contributed by atoms with Crippen LogP contribution in [-0.2, 0) is 4.79 Å². The summed E-state index contributed by atoms with van der Waals surface area (Å²) in [5, 5.41) is 0.634. The van der Waals surface area contributed by atoms with Gasteiger partial charge in [0.25, 0.3) is 5.91 Å². The van der Waals surface area contributed by atoms with Crippen LogP contribution in [-0.4, -0.2) is 18.3 Å². The van der Waals surface area contributed by atoms with Crippen LogP contribution in [0, 0.1) is 0 Å². The van der Waals surface area contributed by atoms with Gasteiger partial charge < -0.3 is 4.74 Å². The first-order valence-electron chi connectivity index (χ1n) is 9.34. The van der Waals surface area contributed by atoms with Gasteiger partial charge in [0.15, 0.2) is 0 Å². The van der Waals surface area contributed by atoms with Gasteiger partial charge in [-0.1, -0.05) is 41.9 Å². The van der Waals surface area contributed by atoms with Crippen molar-refractivity contribution in [3.05, 3.63) is 101 Å². The van der Waals surface area contributed by atoms with Crippen molar-refractivity contribution in [2.75, 3.05) is 11.5 Å². The quantitative estimate of drug-likeness (QED) is 0.523. The highest BCUT2D eigenvalue weighted by Gasteiger charge is 2.32. The number of para-hydroxylation sites is 1. The molecule has 0 N–H and O–H groups in total. The number of hydrogen-bond donors (Lipinski definition) is 0. The zero-order chi connectivity index (χ0) is 20.2. The highest BCUT2D eigenvalue weighted by atomic mass is 35.5. The lowest BCUT2D eigenvalue weighted by Gasteiger charge is -2.18. The van der Waals surface area contributed by atoms with Gasteiger partial charge in [0, 0.05) is 10.6 Å². The molecular formula is C24H19ClN2O2. The van der Waals surface area contributed by atoms with Gasteiger partial charge in [-0.25, -0.2) is 4.99 Å². The van der Waals surface area contributed by atoms with Crippen molar-refractivity contribution in [2.45, 2.75) is 6.92 Å². The Morgan fingerprint density at radius 3 is 2.31 bits per heavy atom. The van der Waals surface area contributed by atoms with Gasteiger partial charge in [-0.05, 0) is 67.1 Å². The number of carbonyl (C=O) groups is 1. The van der Waals surface area contributed by atoms with E-state index in [0.29, 0.717) is 23.2 Å². The van der Waals surface area contributed by atoms with Gasteiger partial charge >= 0.3 is 0 Å². The minimum Gasteiger partial charge on any atom is -0.494 e. The molecule has 0 atom stereocenters. The Balaban J connectivity index is 1.75. The van der Waals surface area contributed by atoms with Crippen LogP contribution in [0.4, 0.5) is 5.69 Å². The zero-order valence-electron chi connectivity index (χ0n) is 15.9. The van der Waals surface area contributed by atoms with Crippen molar-refractivity contribution in [3.63, 3.8) is 0 Å². The Morgan fingerprint density at radius 2 is 1.66 bits per heavy atom. The summed E-state index contributed by atoms with van der Waals surface area (Å²) in [5.41, 5.74) is 2.84. The number of rotatable bonds is 5. The van der Waals surface area contributed by atoms with E-state index in [4.69, 9.17) is 16.3 Å². The number of anilines is 1. The molecule has 0 bridgehead atoms. The Hall–Kier alpha value is -3.37. The second-order valence-corrected chi connectivity index (χ2v) is 6.89. The zero-order valence-corrected chi connectivity index (χ0v) is 16.6. The van der Waals surface area contributed by atoms with Crippen molar-refractivity contribution in [3.8, 4) is 5.75 Å². The maximum atomic E-state index is 13.2. The van der Waals surface area contributed by atoms with Gasteiger partial charge in [0.1, 0.15) is 17.3 Å². The molecule has 1 aliphatic heterocycles. The van der Waals surface area contributed by atoms with E-state index in [1.807, 2.05) is 73.7 Å². The lowest BCUT2D eigenvalue weighted by atomic mass is 10.1. The van der Waals surface area contributed by atoms with Crippen molar-refractivity contribution in [1.29, 1.82) is 0 Å². The number of hydrogen-bond acceptors (Lipinski definition) is 3. The summed E-state index contributed by atoms with van der Waals surface area (Å²) < 4.78 is 5.48. The summed E-state index contributed by atoms with van der Waals surface area (Å²) in [7, 11) is 0. The Labute approximate surface area is 174 Å². The standard InChI is InChI=1S/C24H19ClN2O2/c1-2-29-21-14-8-17(9-15-21)16-22-24(28)27(20-6-4-3-5-7-20)23(26-22)18-10-12-19(25)13-11-18/h3-16H,2H2,1H3/b22-16+. The Morgan fingerprint density at radius 1 is 0.966 bits per heavy atom. The molecular weight excluding hydrogens is 384 g/mol. The second-order valence-electron chi connectivity index (χ2n) is 6.45. The molecule has 0 saturated heterocycles. The van der Waals surface area contributed by atoms with Crippen LogP contribution in [0.3, 0.4) is 0 Å². The number of ether oxygens (including phenoxy) is 1. The maximum absolute atomic E-state index is 13.2. The normalized spacial score (nSPS) is 15.0. The van der Waals surface area contributed by atoms with Crippen molar-refractivity contribution in [1.82, 2.24) is 0 Å². The monoisotopic (exact) mass is 402 g/mol. The number of benzene rings is 3. The molecule has 0 radical (unpaired) electrons. The molecule has 0 fully saturated rings. The van der Waals surface area contributed by atoms with Crippen molar-refractivity contribution < 1.29 is 9.53 Å². The minimum atomic E-state index is -0.171. The highest BCUT2D eigenvalue weighted by Crippen LogP contribution is 2.28. The van der Waals surface area contributed by atoms with Gasteiger partial charge in [-0.2, -0.15) is 0 Å². The molecule has 3 aromatic carbocycles. The summed E-state index contributed by atoms with van der Waals surface area (Å²) in [4.78, 5) is 19.5. The first kappa shape index (κ1) is 19.0. The van der Waals surface area contributed by atoms with Crippen LogP contribution >= 0.6 is 11.6 Å². The van der Waals surface area contributed by atoms with Gasteiger partial charge in [-0.3, -0.25) is 9.69 Å². The fourth-order valence-electron chi connectivity index (χ4n) is 3.11. The van der Waals surface area contributed by atoms with E-state index in [9.17, 15) is 4.79 Å². The molecule has 0 spiro atoms. The summed E-state index contributed by atoms with van der Waals surface area (Å²) in [6, 6.07) is 24.4. The average Bonchev–Trinajstić information content (AvgIpc) is 3.07. The number of carbonyl (C=O) groups excluding carboxylic acids is 1. The first-order chi connectivity index (χ1) is 14.2. The van der Waals surface area contributed by atoms with E-state index in [2.05, 4.69) is 4.99 Å². The molecule has 0 saturated carbocycles. The third-order valence-corrected chi connectivity index (χ3v) is 4.72. The molecule has 1 aliphatic rings. The number of aliphatic imine (C=N–C) groups is 1. The van der Waals surface area contributed by atoms with E-state index < -0.39 is 0 Å². The Bertz CT molecular complexity index is 1070. The van der Waals surface area contributed by atoms with Crippen molar-refractivity contribution in [2.24, 2.45) is 4.99 Å². The molecule has 1 amide bonds. The topological polar surface area (TPSA) is 41.9 Å². The van der Waals surface area contributed by atoms with Gasteiger partial charge in [0.2, 0.25) is 0 Å². The molecule has 0 aliphatic carbocycles. The SMILES string of the molecule is CCOc1ccc(/C=C2/N=C(c3ccc(Cl)cc3)N(c3ccccc3)C2=O)cc1. The minimum absolute atomic E-state index is 0.171. The fourth-order valence-corrected chi connectivity index (χ4v) is 3.24. The van der Waals surface area contributed by atoms with Crippen molar-refractivity contribution >= 4 is 35.1 Å². The molecule has 4 nitrogen and oxygen atoms in total. The molecule has 1 heterocycles. The van der Waals surface area contributed by atoms with Crippen LogP contribution in [0.15, 0.2) is 89.6 Å². The highest BCUT2D eigenvalue weighted by molar-refractivity contribution is 6.34. The summed E-state index contributed by atoms with van der Waals surface area (Å²) >= 11 is 6.03. The van der Waals surface area contributed by atoms with Gasteiger partial charge in [-0.15, -0.1) is 0 Å². The van der Waals surface area contributed by atoms with Crippen LogP contribution in [0.5, 0.6) is 5.75 Å². The molecule has 0 aromatic heterocycles. The fraction of sp³-hybridized carbons (Fsp3) is 0.0833. The first-order valence-corrected chi connectivity index (χ1v) is 9.72. The van der Waals surface area contributed by atoms with Gasteiger partial charge in [0.05, 0.1) is 12.3 Å². The third-order valence-electron chi connectivity index (χ3n) is 4.47. The molecule has 3 aromatic rings. The van der Waals surface area contributed by atoms with Crippen LogP contribution in [0.25, 0.3) is 6.08 Å². The molecule has 4 rings (SSSR count). The predicted molar refractivity (Wildman–Crippen MR) is 118 cm³/mol. The summed E-state index contributed by atoms with van der Waals surface area (Å²) in [5.74, 6) is 1.20. The maximum Gasteiger partial charge on any atom is 0.282 e. The predicted octanol–water partition coefficient (Wildman–Crippen LogP) is 5.57. The van der Waals surface area contributed by atoms with E-state index in [1.165, 1.54) is 0 Å². The third kappa shape index (κ3) is 4.08. The lowest BCUT2D eigenvalue weighted by molar-refractivity contribution is -0.113. The van der Waals surface area contributed by atoms with E-state index in [-0.39, 0.29) is 5.91 Å². The molecule has 5 heteroatoms. The average molecular weight is 403 g/mol. The van der Waals surface area contributed by atoms with E-state index in [1.54, 1.807) is 23.1 Å². The lowest BCUT2D eigenvalue weighted by Crippen LogP contribution is -2.32. The Kier molecular flexibility index (Phi) is 5.45. The van der Waals surface area contributed by atoms with E-state index in [0.717, 1.165) is 22.6 Å². The van der Waals surface area contributed by atoms with Crippen LogP contribution in [0.2, 0.25) is 5.02 Å². The van der Waals surface area contributed by atoms with Crippen LogP contribution in [0.1, 0.15) is 18.1 Å². The summed E-state index contributed by atoms with van der Waals surface area (Å²) in [6.07, 6.45) is 1.79.